The quantitative estimate of drug-likeness (QED) is 0.199. The predicted molar refractivity (Wildman–Crippen MR) is 108 cm³/mol. The fraction of sp³-hybridized carbons (Fsp3) is 0.609. The van der Waals surface area contributed by atoms with Gasteiger partial charge < -0.3 is 9.47 Å². The van der Waals surface area contributed by atoms with Crippen LogP contribution in [0.15, 0.2) is 42.5 Å². The first-order valence-corrected chi connectivity index (χ1v) is 10.2. The maximum atomic E-state index is 11.6. The molecular formula is C23H36O3. The number of esters is 1. The zero-order chi connectivity index (χ0) is 18.7. The van der Waals surface area contributed by atoms with Gasteiger partial charge in [0.05, 0.1) is 13.2 Å². The third kappa shape index (κ3) is 13.7. The maximum absolute atomic E-state index is 11.6. The van der Waals surface area contributed by atoms with E-state index in [0.717, 1.165) is 18.4 Å². The Labute approximate surface area is 159 Å². The predicted octanol–water partition coefficient (Wildman–Crippen LogP) is 6.22. The second kappa shape index (κ2) is 16.8. The van der Waals surface area contributed by atoms with Crippen molar-refractivity contribution in [3.8, 4) is 0 Å². The molecule has 0 atom stereocenters. The Morgan fingerprint density at radius 3 is 2.15 bits per heavy atom. The molecule has 0 fully saturated rings. The first-order valence-electron chi connectivity index (χ1n) is 10.2. The van der Waals surface area contributed by atoms with Crippen LogP contribution < -0.4 is 0 Å². The van der Waals surface area contributed by atoms with Crippen LogP contribution in [0.1, 0.15) is 76.7 Å². The molecule has 0 aromatic heterocycles. The summed E-state index contributed by atoms with van der Waals surface area (Å²) in [5, 5.41) is 0. The molecule has 0 aliphatic carbocycles. The SMILES string of the molecule is CCCCCCCCCCCC(=O)OCC=CCOCc1ccccc1. The van der Waals surface area contributed by atoms with Crippen molar-refractivity contribution in [3.63, 3.8) is 0 Å². The van der Waals surface area contributed by atoms with Gasteiger partial charge in [0.2, 0.25) is 0 Å². The number of carbonyl (C=O) groups is 1. The first kappa shape index (κ1) is 22.4. The summed E-state index contributed by atoms with van der Waals surface area (Å²) in [7, 11) is 0. The minimum atomic E-state index is -0.0946. The van der Waals surface area contributed by atoms with Crippen molar-refractivity contribution in [1.29, 1.82) is 0 Å². The minimum Gasteiger partial charge on any atom is -0.461 e. The van der Waals surface area contributed by atoms with Crippen LogP contribution in [0.4, 0.5) is 0 Å². The lowest BCUT2D eigenvalue weighted by molar-refractivity contribution is -0.142. The molecule has 0 N–H and O–H groups in total. The lowest BCUT2D eigenvalue weighted by atomic mass is 10.1. The molecule has 0 amide bonds. The smallest absolute Gasteiger partial charge is 0.306 e. The number of rotatable bonds is 16. The number of unbranched alkanes of at least 4 members (excludes halogenated alkanes) is 8. The average molecular weight is 361 g/mol. The number of ether oxygens (including phenoxy) is 2. The summed E-state index contributed by atoms with van der Waals surface area (Å²) in [5.74, 6) is -0.0946. The van der Waals surface area contributed by atoms with Crippen molar-refractivity contribution in [3.05, 3.63) is 48.0 Å². The molecule has 0 heterocycles. The van der Waals surface area contributed by atoms with E-state index in [9.17, 15) is 4.79 Å². The molecule has 0 saturated heterocycles. The molecule has 1 aromatic rings. The van der Waals surface area contributed by atoms with Crippen molar-refractivity contribution in [2.24, 2.45) is 0 Å². The molecule has 26 heavy (non-hydrogen) atoms. The van der Waals surface area contributed by atoms with Gasteiger partial charge in [0.1, 0.15) is 6.61 Å². The fourth-order valence-corrected chi connectivity index (χ4v) is 2.75. The topological polar surface area (TPSA) is 35.5 Å². The van der Waals surface area contributed by atoms with E-state index < -0.39 is 0 Å². The average Bonchev–Trinajstić information content (AvgIpc) is 2.67. The number of benzene rings is 1. The first-order chi connectivity index (χ1) is 12.8. The molecule has 146 valence electrons. The third-order valence-electron chi connectivity index (χ3n) is 4.32. The molecular weight excluding hydrogens is 324 g/mol. The zero-order valence-corrected chi connectivity index (χ0v) is 16.5. The van der Waals surface area contributed by atoms with E-state index in [0.29, 0.717) is 26.2 Å². The van der Waals surface area contributed by atoms with Gasteiger partial charge in [-0.15, -0.1) is 0 Å². The van der Waals surface area contributed by atoms with E-state index >= 15 is 0 Å². The fourth-order valence-electron chi connectivity index (χ4n) is 2.75. The van der Waals surface area contributed by atoms with Gasteiger partial charge in [-0.1, -0.05) is 94.7 Å². The number of hydrogen-bond donors (Lipinski definition) is 0. The molecule has 0 bridgehead atoms. The van der Waals surface area contributed by atoms with E-state index in [1.54, 1.807) is 0 Å². The van der Waals surface area contributed by atoms with Crippen molar-refractivity contribution < 1.29 is 14.3 Å². The van der Waals surface area contributed by atoms with Gasteiger partial charge in [0.15, 0.2) is 0 Å². The highest BCUT2D eigenvalue weighted by Gasteiger charge is 2.01. The highest BCUT2D eigenvalue weighted by Crippen LogP contribution is 2.10. The van der Waals surface area contributed by atoms with Crippen molar-refractivity contribution >= 4 is 5.97 Å². The summed E-state index contributed by atoms with van der Waals surface area (Å²) >= 11 is 0. The lowest BCUT2D eigenvalue weighted by Gasteiger charge is -2.03. The molecule has 3 heteroatoms. The summed E-state index contributed by atoms with van der Waals surface area (Å²) in [6.07, 6.45) is 15.6. The second-order valence-electron chi connectivity index (χ2n) is 6.73. The highest BCUT2D eigenvalue weighted by atomic mass is 16.5. The lowest BCUT2D eigenvalue weighted by Crippen LogP contribution is -2.04. The Kier molecular flexibility index (Phi) is 14.5. The largest absolute Gasteiger partial charge is 0.461 e. The Balaban J connectivity index is 1.86. The molecule has 1 rings (SSSR count). The summed E-state index contributed by atoms with van der Waals surface area (Å²) in [5.41, 5.74) is 1.16. The molecule has 0 saturated carbocycles. The normalized spacial score (nSPS) is 11.1. The van der Waals surface area contributed by atoms with E-state index in [-0.39, 0.29) is 5.97 Å². The summed E-state index contributed by atoms with van der Waals surface area (Å²) in [4.78, 5) is 11.6. The van der Waals surface area contributed by atoms with Crippen LogP contribution in [0, 0.1) is 0 Å². The van der Waals surface area contributed by atoms with Crippen LogP contribution in [-0.2, 0) is 20.9 Å². The molecule has 0 radical (unpaired) electrons. The Bertz CT molecular complexity index is 468. The summed E-state index contributed by atoms with van der Waals surface area (Å²) < 4.78 is 10.7. The summed E-state index contributed by atoms with van der Waals surface area (Å²) in [6.45, 7) is 3.72. The number of hydrogen-bond acceptors (Lipinski definition) is 3. The zero-order valence-electron chi connectivity index (χ0n) is 16.5. The molecule has 3 nitrogen and oxygen atoms in total. The number of carbonyl (C=O) groups excluding carboxylic acids is 1. The van der Waals surface area contributed by atoms with Gasteiger partial charge in [-0.05, 0) is 18.1 Å². The van der Waals surface area contributed by atoms with Gasteiger partial charge in [0, 0.05) is 6.42 Å². The maximum Gasteiger partial charge on any atom is 0.306 e. The molecule has 0 aliphatic heterocycles. The van der Waals surface area contributed by atoms with E-state index in [1.165, 1.54) is 44.9 Å². The highest BCUT2D eigenvalue weighted by molar-refractivity contribution is 5.69. The van der Waals surface area contributed by atoms with Crippen molar-refractivity contribution in [1.82, 2.24) is 0 Å². The Morgan fingerprint density at radius 2 is 1.46 bits per heavy atom. The van der Waals surface area contributed by atoms with Gasteiger partial charge in [-0.2, -0.15) is 0 Å². The summed E-state index contributed by atoms with van der Waals surface area (Å²) in [6, 6.07) is 10.1. The van der Waals surface area contributed by atoms with Gasteiger partial charge in [0.25, 0.3) is 0 Å². The molecule has 0 aliphatic rings. The minimum absolute atomic E-state index is 0.0946. The van der Waals surface area contributed by atoms with Crippen LogP contribution in [0.3, 0.4) is 0 Å². The standard InChI is InChI=1S/C23H36O3/c1-2-3-4-5-6-7-8-9-13-18-23(24)26-20-15-14-19-25-21-22-16-11-10-12-17-22/h10-12,14-17H,2-9,13,18-21H2,1H3. The third-order valence-corrected chi connectivity index (χ3v) is 4.32. The van der Waals surface area contributed by atoms with E-state index in [1.807, 2.05) is 42.5 Å². The van der Waals surface area contributed by atoms with E-state index in [4.69, 9.17) is 9.47 Å². The van der Waals surface area contributed by atoms with Crippen LogP contribution in [0.5, 0.6) is 0 Å². The van der Waals surface area contributed by atoms with Crippen molar-refractivity contribution in [2.75, 3.05) is 13.2 Å². The second-order valence-corrected chi connectivity index (χ2v) is 6.73. The Hall–Kier alpha value is -1.61. The van der Waals surface area contributed by atoms with Crippen LogP contribution in [0.2, 0.25) is 0 Å². The molecule has 0 spiro atoms. The molecule has 0 unspecified atom stereocenters. The van der Waals surface area contributed by atoms with Gasteiger partial charge >= 0.3 is 5.97 Å². The molecule has 1 aromatic carbocycles. The Morgan fingerprint density at radius 1 is 0.846 bits per heavy atom. The van der Waals surface area contributed by atoms with Gasteiger partial charge in [-0.3, -0.25) is 4.79 Å². The monoisotopic (exact) mass is 360 g/mol. The van der Waals surface area contributed by atoms with Crippen LogP contribution >= 0.6 is 0 Å². The van der Waals surface area contributed by atoms with Crippen molar-refractivity contribution in [2.45, 2.75) is 77.7 Å². The van der Waals surface area contributed by atoms with Crippen LogP contribution in [-0.4, -0.2) is 19.2 Å². The van der Waals surface area contributed by atoms with Gasteiger partial charge in [-0.25, -0.2) is 0 Å². The van der Waals surface area contributed by atoms with Crippen LogP contribution in [0.25, 0.3) is 0 Å². The van der Waals surface area contributed by atoms with E-state index in [2.05, 4.69) is 6.92 Å².